The summed E-state index contributed by atoms with van der Waals surface area (Å²) in [4.78, 5) is 23.9. The smallest absolute Gasteiger partial charge is 0.435 e. The Labute approximate surface area is 227 Å². The van der Waals surface area contributed by atoms with E-state index in [2.05, 4.69) is 20.4 Å². The third-order valence-electron chi connectivity index (χ3n) is 6.70. The minimum atomic E-state index is -4.57. The number of ether oxygens (including phenoxy) is 1. The molecule has 1 N–H and O–H groups in total. The molecule has 0 aliphatic carbocycles. The minimum absolute atomic E-state index is 0.128. The molecule has 40 heavy (non-hydrogen) atoms. The largest absolute Gasteiger partial charge is 0.494 e. The first-order valence-corrected chi connectivity index (χ1v) is 12.8. The van der Waals surface area contributed by atoms with Gasteiger partial charge in [0.2, 0.25) is 5.91 Å². The number of H-pyrrole nitrogens is 1. The fourth-order valence-electron chi connectivity index (χ4n) is 4.58. The average molecular weight is 553 g/mol. The maximum atomic E-state index is 13.4. The van der Waals surface area contributed by atoms with Crippen molar-refractivity contribution in [2.45, 2.75) is 39.3 Å². The van der Waals surface area contributed by atoms with Gasteiger partial charge in [-0.3, -0.25) is 9.59 Å². The Hall–Kier alpha value is -4.48. The molecule has 0 saturated carbocycles. The van der Waals surface area contributed by atoms with Crippen LogP contribution < -0.4 is 10.3 Å². The molecule has 1 aromatic carbocycles. The molecule has 4 aromatic rings. The van der Waals surface area contributed by atoms with Crippen LogP contribution in [0.25, 0.3) is 16.8 Å². The lowest BCUT2D eigenvalue weighted by Crippen LogP contribution is -2.37. The summed E-state index contributed by atoms with van der Waals surface area (Å²) in [5.41, 5.74) is 2.21. The molecule has 5 rings (SSSR count). The lowest BCUT2D eigenvalue weighted by molar-refractivity contribution is -0.141. The lowest BCUT2D eigenvalue weighted by atomic mass is 9.93. The monoisotopic (exact) mass is 552 g/mol. The van der Waals surface area contributed by atoms with Crippen molar-refractivity contribution in [3.05, 3.63) is 81.9 Å². The Kier molecular flexibility index (Phi) is 7.42. The number of benzene rings is 1. The molecular formula is C28H27F3N6O3. The van der Waals surface area contributed by atoms with Crippen molar-refractivity contribution < 1.29 is 22.7 Å². The van der Waals surface area contributed by atoms with Crippen molar-refractivity contribution in [3.63, 3.8) is 0 Å². The number of aryl methyl sites for hydroxylation is 1. The summed E-state index contributed by atoms with van der Waals surface area (Å²) in [5.74, 6) is 0.298. The van der Waals surface area contributed by atoms with Crippen LogP contribution in [0.3, 0.4) is 0 Å². The fourth-order valence-corrected chi connectivity index (χ4v) is 4.58. The maximum Gasteiger partial charge on any atom is 0.435 e. The molecule has 0 radical (unpaired) electrons. The van der Waals surface area contributed by atoms with Crippen molar-refractivity contribution in [1.82, 2.24) is 24.8 Å². The number of fused-ring (bicyclic) bond motifs is 1. The number of pyridine rings is 1. The normalized spacial score (nSPS) is 15.9. The molecule has 0 bridgehead atoms. The van der Waals surface area contributed by atoms with Gasteiger partial charge in [0.25, 0.3) is 5.56 Å². The topological polar surface area (TPSA) is 105 Å². The van der Waals surface area contributed by atoms with Gasteiger partial charge in [-0.2, -0.15) is 28.5 Å². The number of nitrogens with zero attached hydrogens (tertiary/aromatic N) is 5. The highest BCUT2D eigenvalue weighted by molar-refractivity contribution is 6.10. The van der Waals surface area contributed by atoms with Crippen LogP contribution >= 0.6 is 0 Å². The number of hydrazone groups is 1. The van der Waals surface area contributed by atoms with Gasteiger partial charge < -0.3 is 4.74 Å². The molecule has 9 nitrogen and oxygen atoms in total. The van der Waals surface area contributed by atoms with E-state index < -0.39 is 11.9 Å². The molecule has 12 heteroatoms. The van der Waals surface area contributed by atoms with E-state index in [1.807, 2.05) is 31.2 Å². The zero-order chi connectivity index (χ0) is 28.4. The molecule has 1 aliphatic heterocycles. The lowest BCUT2D eigenvalue weighted by Gasteiger charge is -2.28. The van der Waals surface area contributed by atoms with E-state index in [9.17, 15) is 22.8 Å². The van der Waals surface area contributed by atoms with Gasteiger partial charge in [-0.15, -0.1) is 0 Å². The average Bonchev–Trinajstić information content (AvgIpc) is 3.39. The number of aromatic amines is 1. The summed E-state index contributed by atoms with van der Waals surface area (Å²) >= 11 is 0. The quantitative estimate of drug-likeness (QED) is 0.315. The summed E-state index contributed by atoms with van der Waals surface area (Å²) < 4.78 is 47.1. The number of hydrogen-bond acceptors (Lipinski definition) is 6. The minimum Gasteiger partial charge on any atom is -0.494 e. The number of carbonyl (C=O) groups is 1. The van der Waals surface area contributed by atoms with E-state index in [1.165, 1.54) is 15.6 Å². The van der Waals surface area contributed by atoms with Gasteiger partial charge in [-0.1, -0.05) is 6.92 Å². The number of halogens is 3. The van der Waals surface area contributed by atoms with E-state index in [1.54, 1.807) is 25.1 Å². The third kappa shape index (κ3) is 5.75. The maximum absolute atomic E-state index is 13.4. The van der Waals surface area contributed by atoms with Gasteiger partial charge in [0.05, 0.1) is 23.5 Å². The van der Waals surface area contributed by atoms with Crippen LogP contribution in [0.4, 0.5) is 13.2 Å². The van der Waals surface area contributed by atoms with Crippen molar-refractivity contribution in [1.29, 1.82) is 0 Å². The van der Waals surface area contributed by atoms with Crippen LogP contribution in [-0.2, 0) is 11.0 Å². The van der Waals surface area contributed by atoms with Crippen LogP contribution in [0, 0.1) is 12.8 Å². The van der Waals surface area contributed by atoms with E-state index >= 15 is 0 Å². The van der Waals surface area contributed by atoms with Gasteiger partial charge in [0, 0.05) is 41.8 Å². The van der Waals surface area contributed by atoms with Gasteiger partial charge in [-0.25, -0.2) is 14.6 Å². The second-order valence-corrected chi connectivity index (χ2v) is 9.71. The summed E-state index contributed by atoms with van der Waals surface area (Å²) in [6.07, 6.45) is -3.06. The van der Waals surface area contributed by atoms with Crippen molar-refractivity contribution in [3.8, 4) is 17.0 Å². The fraction of sp³-hybridized carbons (Fsp3) is 0.321. The van der Waals surface area contributed by atoms with Crippen LogP contribution in [0.5, 0.6) is 5.75 Å². The summed E-state index contributed by atoms with van der Waals surface area (Å²) in [7, 11) is 0. The predicted molar refractivity (Wildman–Crippen MR) is 142 cm³/mol. The van der Waals surface area contributed by atoms with E-state index in [0.29, 0.717) is 59.9 Å². The number of nitrogens with one attached hydrogen (secondary N) is 1. The molecule has 1 amide bonds. The number of aromatic nitrogens is 4. The number of hydrogen-bond donors (Lipinski definition) is 1. The molecular weight excluding hydrogens is 525 g/mol. The van der Waals surface area contributed by atoms with Crippen LogP contribution in [0.15, 0.2) is 64.5 Å². The highest BCUT2D eigenvalue weighted by Gasteiger charge is 2.35. The molecule has 3 aromatic heterocycles. The SMILES string of the molecule is Cc1ccc(C2=NN(CCCCOc3ccc(-c4ccc(=O)[nH]n4)cc3)C(=O)CC2C)c2cc(C(F)(F)F)nn12. The predicted octanol–water partition coefficient (Wildman–Crippen LogP) is 4.84. The van der Waals surface area contributed by atoms with Gasteiger partial charge >= 0.3 is 6.18 Å². The third-order valence-corrected chi connectivity index (χ3v) is 6.70. The van der Waals surface area contributed by atoms with Crippen molar-refractivity contribution >= 4 is 17.1 Å². The first-order chi connectivity index (χ1) is 19.1. The zero-order valence-electron chi connectivity index (χ0n) is 21.9. The molecule has 1 aliphatic rings. The van der Waals surface area contributed by atoms with Crippen molar-refractivity contribution in [2.24, 2.45) is 11.0 Å². The highest BCUT2D eigenvalue weighted by Crippen LogP contribution is 2.32. The number of alkyl halides is 3. The second kappa shape index (κ2) is 10.9. The number of rotatable bonds is 8. The molecule has 208 valence electrons. The van der Waals surface area contributed by atoms with Gasteiger partial charge in [-0.05, 0) is 68.3 Å². The van der Waals surface area contributed by atoms with Gasteiger partial charge in [0.15, 0.2) is 5.69 Å². The Morgan fingerprint density at radius 1 is 1.05 bits per heavy atom. The number of amides is 1. The summed E-state index contributed by atoms with van der Waals surface area (Å²) in [5, 5.41) is 16.1. The van der Waals surface area contributed by atoms with E-state index in [0.717, 1.165) is 11.6 Å². The van der Waals surface area contributed by atoms with Crippen molar-refractivity contribution in [2.75, 3.05) is 13.2 Å². The summed E-state index contributed by atoms with van der Waals surface area (Å²) in [6.45, 7) is 4.33. The highest BCUT2D eigenvalue weighted by atomic mass is 19.4. The Balaban J connectivity index is 1.22. The first-order valence-electron chi connectivity index (χ1n) is 12.8. The Morgan fingerprint density at radius 3 is 2.52 bits per heavy atom. The second-order valence-electron chi connectivity index (χ2n) is 9.71. The Bertz CT molecular complexity index is 1600. The van der Waals surface area contributed by atoms with Crippen LogP contribution in [0.2, 0.25) is 0 Å². The van der Waals surface area contributed by atoms with Crippen LogP contribution in [0.1, 0.15) is 43.1 Å². The molecule has 0 saturated heterocycles. The van der Waals surface area contributed by atoms with E-state index in [-0.39, 0.29) is 23.8 Å². The molecule has 4 heterocycles. The number of carbonyl (C=O) groups excluding carboxylic acids is 1. The van der Waals surface area contributed by atoms with E-state index in [4.69, 9.17) is 4.74 Å². The molecule has 0 fully saturated rings. The summed E-state index contributed by atoms with van der Waals surface area (Å²) in [6, 6.07) is 14.8. The molecule has 1 atom stereocenters. The van der Waals surface area contributed by atoms with Gasteiger partial charge in [0.1, 0.15) is 5.75 Å². The number of unbranched alkanes of at least 4 members (excludes halogenated alkanes) is 1. The Morgan fingerprint density at radius 2 is 1.82 bits per heavy atom. The first kappa shape index (κ1) is 27.1. The standard InChI is InChI=1S/C28H27F3N6O3/c1-17-15-26(39)36(35-27(17)21-10-5-18(2)37-23(21)16-24(34-37)28(29,30)31)13-3-4-14-40-20-8-6-19(7-9-20)22-11-12-25(38)33-32-22/h5-12,16-17H,3-4,13-15H2,1-2H3,(H,33,38). The molecule has 0 spiro atoms. The zero-order valence-corrected chi connectivity index (χ0v) is 21.9. The van der Waals surface area contributed by atoms with Crippen LogP contribution in [-0.4, -0.2) is 49.6 Å². The molecule has 1 unspecified atom stereocenters.